The van der Waals surface area contributed by atoms with Crippen LogP contribution in [-0.4, -0.2) is 18.5 Å². The van der Waals surface area contributed by atoms with Gasteiger partial charge in [0.25, 0.3) is 0 Å². The van der Waals surface area contributed by atoms with Crippen LogP contribution in [0.5, 0.6) is 0 Å². The molecule has 206 valence electrons. The fourth-order valence-electron chi connectivity index (χ4n) is 4.89. The molecule has 1 unspecified atom stereocenters. The molecule has 0 spiro atoms. The monoisotopic (exact) mass is 556 g/mol. The Morgan fingerprint density at radius 3 is 1.76 bits per heavy atom. The number of rotatable bonds is 11. The topological polar surface area (TPSA) is 57.2 Å². The van der Waals surface area contributed by atoms with Gasteiger partial charge in [0.05, 0.1) is 10.9 Å². The highest BCUT2D eigenvalue weighted by molar-refractivity contribution is 7.97. The molecule has 1 aliphatic carbocycles. The van der Waals surface area contributed by atoms with Gasteiger partial charge < -0.3 is 4.55 Å². The molecule has 0 bridgehead atoms. The van der Waals surface area contributed by atoms with Crippen molar-refractivity contribution in [2.24, 2.45) is 0 Å². The van der Waals surface area contributed by atoms with E-state index in [1.54, 1.807) is 0 Å². The zero-order valence-electron chi connectivity index (χ0n) is 22.4. The second-order valence-electron chi connectivity index (χ2n) is 9.94. The average molecular weight is 557 g/mol. The van der Waals surface area contributed by atoms with Crippen molar-refractivity contribution in [3.05, 3.63) is 90.5 Å². The standard InChI is InChI=1S/C24H25S.C8H17FO3S/c1-4-10-20(11-5-1)21-16-18-24(19-17-21)25(22-12-6-2-7-13-22)23-14-8-3-9-15-23;1-2-3-4-5-6-7-8(9)13(10,11)12/h2-3,6-9,12-20H,1,4-5,10-11H2;8H,2-7H2,1H3,(H,10,11,12)/q+1;/p-1. The molecule has 0 N–H and O–H groups in total. The third kappa shape index (κ3) is 9.87. The van der Waals surface area contributed by atoms with Crippen molar-refractivity contribution in [3.63, 3.8) is 0 Å². The molecule has 0 radical (unpaired) electrons. The highest BCUT2D eigenvalue weighted by atomic mass is 32.2. The fraction of sp³-hybridized carbons (Fsp3) is 0.438. The maximum atomic E-state index is 12.5. The van der Waals surface area contributed by atoms with Gasteiger partial charge in [0.15, 0.2) is 20.2 Å². The number of unbranched alkanes of at least 4 members (excludes halogenated alkanes) is 4. The van der Waals surface area contributed by atoms with Gasteiger partial charge in [-0.05, 0) is 73.6 Å². The first-order valence-corrected chi connectivity index (χ1v) is 16.6. The van der Waals surface area contributed by atoms with Gasteiger partial charge in [0.2, 0.25) is 0 Å². The molecule has 1 saturated carbocycles. The molecule has 0 aromatic heterocycles. The predicted molar refractivity (Wildman–Crippen MR) is 155 cm³/mol. The van der Waals surface area contributed by atoms with Crippen LogP contribution in [0, 0.1) is 0 Å². The molecule has 0 saturated heterocycles. The van der Waals surface area contributed by atoms with Crippen LogP contribution in [0.3, 0.4) is 0 Å². The minimum atomic E-state index is -4.71. The SMILES string of the molecule is CCCCCCCC(F)S(=O)(=O)[O-].c1ccc([S+](c2ccccc2)c2ccc(C3CCCCC3)cc2)cc1. The van der Waals surface area contributed by atoms with Crippen molar-refractivity contribution in [1.29, 1.82) is 0 Å². The third-order valence-corrected chi connectivity index (χ3v) is 10.1. The Kier molecular flexibility index (Phi) is 12.9. The molecule has 0 aliphatic heterocycles. The molecule has 3 aromatic carbocycles. The van der Waals surface area contributed by atoms with Crippen LogP contribution < -0.4 is 0 Å². The van der Waals surface area contributed by atoms with Gasteiger partial charge >= 0.3 is 0 Å². The van der Waals surface area contributed by atoms with Crippen molar-refractivity contribution in [2.75, 3.05) is 0 Å². The quantitative estimate of drug-likeness (QED) is 0.134. The Labute approximate surface area is 232 Å². The maximum absolute atomic E-state index is 12.5. The van der Waals surface area contributed by atoms with E-state index in [1.807, 2.05) is 0 Å². The second-order valence-corrected chi connectivity index (χ2v) is 13.5. The summed E-state index contributed by atoms with van der Waals surface area (Å²) in [5.74, 6) is 0.776. The first-order valence-electron chi connectivity index (χ1n) is 13.9. The normalized spacial score (nSPS) is 15.1. The van der Waals surface area contributed by atoms with Crippen LogP contribution in [-0.2, 0) is 21.0 Å². The average Bonchev–Trinajstić information content (AvgIpc) is 2.95. The van der Waals surface area contributed by atoms with Crippen LogP contribution in [0.25, 0.3) is 0 Å². The summed E-state index contributed by atoms with van der Waals surface area (Å²) in [5.41, 5.74) is -0.678. The van der Waals surface area contributed by atoms with E-state index >= 15 is 0 Å². The summed E-state index contributed by atoms with van der Waals surface area (Å²) in [5, 5.41) is 0. The van der Waals surface area contributed by atoms with Crippen molar-refractivity contribution >= 4 is 21.0 Å². The van der Waals surface area contributed by atoms with Gasteiger partial charge in [-0.25, -0.2) is 12.8 Å². The van der Waals surface area contributed by atoms with Gasteiger partial charge in [-0.15, -0.1) is 0 Å². The van der Waals surface area contributed by atoms with Gasteiger partial charge in [0, 0.05) is 0 Å². The number of hydrogen-bond acceptors (Lipinski definition) is 3. The second kappa shape index (κ2) is 16.1. The first-order chi connectivity index (χ1) is 18.4. The summed E-state index contributed by atoms with van der Waals surface area (Å²) in [7, 11) is -4.74. The fourth-order valence-corrected chi connectivity index (χ4v) is 7.42. The van der Waals surface area contributed by atoms with Crippen molar-refractivity contribution in [3.8, 4) is 0 Å². The lowest BCUT2D eigenvalue weighted by Crippen LogP contribution is -2.14. The zero-order valence-corrected chi connectivity index (χ0v) is 24.1. The van der Waals surface area contributed by atoms with Gasteiger partial charge in [0.1, 0.15) is 10.1 Å². The van der Waals surface area contributed by atoms with Crippen molar-refractivity contribution < 1.29 is 17.4 Å². The smallest absolute Gasteiger partial charge is 0.189 e. The lowest BCUT2D eigenvalue weighted by Gasteiger charge is -2.22. The molecule has 3 nitrogen and oxygen atoms in total. The zero-order chi connectivity index (χ0) is 27.2. The van der Waals surface area contributed by atoms with Gasteiger partial charge in [-0.2, -0.15) is 0 Å². The Morgan fingerprint density at radius 1 is 0.763 bits per heavy atom. The van der Waals surface area contributed by atoms with E-state index in [0.717, 1.165) is 31.6 Å². The molecule has 0 heterocycles. The highest BCUT2D eigenvalue weighted by Gasteiger charge is 2.28. The lowest BCUT2D eigenvalue weighted by atomic mass is 9.84. The predicted octanol–water partition coefficient (Wildman–Crippen LogP) is 9.02. The lowest BCUT2D eigenvalue weighted by molar-refractivity contribution is 0.343. The molecular weight excluding hydrogens is 515 g/mol. The van der Waals surface area contributed by atoms with Gasteiger partial charge in [-0.3, -0.25) is 0 Å². The van der Waals surface area contributed by atoms with Crippen molar-refractivity contribution in [1.82, 2.24) is 0 Å². The number of halogens is 1. The summed E-state index contributed by atoms with van der Waals surface area (Å²) in [6, 6.07) is 31.3. The van der Waals surface area contributed by atoms with Gasteiger partial charge in [-0.1, -0.05) is 100 Å². The van der Waals surface area contributed by atoms with Crippen LogP contribution in [0.4, 0.5) is 4.39 Å². The van der Waals surface area contributed by atoms with E-state index in [2.05, 4.69) is 91.9 Å². The van der Waals surface area contributed by atoms with Crippen LogP contribution >= 0.6 is 0 Å². The third-order valence-electron chi connectivity index (χ3n) is 7.00. The molecule has 1 aliphatic rings. The van der Waals surface area contributed by atoms with Crippen molar-refractivity contribution in [2.45, 2.75) is 104 Å². The summed E-state index contributed by atoms with van der Waals surface area (Å²) < 4.78 is 42.9. The molecule has 6 heteroatoms. The highest BCUT2D eigenvalue weighted by Crippen LogP contribution is 2.35. The number of alkyl halides is 1. The van der Waals surface area contributed by atoms with Crippen LogP contribution in [0.15, 0.2) is 99.6 Å². The van der Waals surface area contributed by atoms with E-state index < -0.39 is 15.6 Å². The summed E-state index contributed by atoms with van der Waals surface area (Å²) in [4.78, 5) is 4.19. The molecular formula is C32H41FO3S2. The molecule has 3 aromatic rings. The van der Waals surface area contributed by atoms with E-state index in [-0.39, 0.29) is 17.3 Å². The van der Waals surface area contributed by atoms with Crippen LogP contribution in [0.1, 0.15) is 89.0 Å². The van der Waals surface area contributed by atoms with Crippen LogP contribution in [0.2, 0.25) is 0 Å². The summed E-state index contributed by atoms with van der Waals surface area (Å²) in [6.07, 6.45) is 11.2. The largest absolute Gasteiger partial charge is 0.746 e. The van der Waals surface area contributed by atoms with E-state index in [9.17, 15) is 17.4 Å². The molecule has 0 amide bonds. The Morgan fingerprint density at radius 2 is 1.26 bits per heavy atom. The number of hydrogen-bond donors (Lipinski definition) is 0. The minimum Gasteiger partial charge on any atom is -0.746 e. The van der Waals surface area contributed by atoms with E-state index in [0.29, 0.717) is 6.42 Å². The minimum absolute atomic E-state index is 0.0278. The van der Waals surface area contributed by atoms with E-state index in [1.165, 1.54) is 52.4 Å². The first kappa shape index (κ1) is 30.4. The maximum Gasteiger partial charge on any atom is 0.189 e. The Bertz CT molecular complexity index is 1110. The molecule has 4 rings (SSSR count). The molecule has 38 heavy (non-hydrogen) atoms. The number of benzene rings is 3. The molecule has 1 fully saturated rings. The molecule has 1 atom stereocenters. The summed E-state index contributed by atoms with van der Waals surface area (Å²) in [6.45, 7) is 2.06. The Hall–Kier alpha value is -2.15. The Balaban J connectivity index is 0.000000263. The van der Waals surface area contributed by atoms with E-state index in [4.69, 9.17) is 0 Å². The summed E-state index contributed by atoms with van der Waals surface area (Å²) >= 11 is 0.